The first-order chi connectivity index (χ1) is 11.0. The number of anilines is 1. The average molecular weight is 315 g/mol. The van der Waals surface area contributed by atoms with E-state index in [1.807, 2.05) is 18.2 Å². The third kappa shape index (κ3) is 2.42. The predicted octanol–water partition coefficient (Wildman–Crippen LogP) is 5.53. The van der Waals surface area contributed by atoms with Gasteiger partial charge < -0.3 is 5.32 Å². The van der Waals surface area contributed by atoms with Crippen molar-refractivity contribution in [3.8, 4) is 0 Å². The molecule has 0 bridgehead atoms. The largest absolute Gasteiger partial charge is 0.416 e. The summed E-state index contributed by atoms with van der Waals surface area (Å²) in [6.07, 6.45) is 0.721. The minimum Gasteiger partial charge on any atom is -0.378 e. The minimum atomic E-state index is -4.30. The SMILES string of the molecule is FC(F)(F)c1ccc2c(c1)[C@H]1C=CCC1[C@@H](c1ccccc1)N2. The van der Waals surface area contributed by atoms with Crippen molar-refractivity contribution in [3.63, 3.8) is 0 Å². The second kappa shape index (κ2) is 5.15. The fourth-order valence-corrected chi connectivity index (χ4v) is 3.76. The van der Waals surface area contributed by atoms with Gasteiger partial charge in [0.05, 0.1) is 11.6 Å². The molecule has 1 nitrogen and oxygen atoms in total. The molecule has 3 atom stereocenters. The molecule has 1 aliphatic carbocycles. The molecule has 118 valence electrons. The third-order valence-electron chi connectivity index (χ3n) is 4.85. The molecule has 1 N–H and O–H groups in total. The van der Waals surface area contributed by atoms with Crippen LogP contribution in [0.3, 0.4) is 0 Å². The van der Waals surface area contributed by atoms with Crippen LogP contribution >= 0.6 is 0 Å². The van der Waals surface area contributed by atoms with Gasteiger partial charge in [-0.15, -0.1) is 0 Å². The van der Waals surface area contributed by atoms with Crippen LogP contribution in [0.1, 0.15) is 35.1 Å². The first-order valence-electron chi connectivity index (χ1n) is 7.73. The molecule has 0 aromatic heterocycles. The summed E-state index contributed by atoms with van der Waals surface area (Å²) in [6.45, 7) is 0. The Morgan fingerprint density at radius 1 is 1.00 bits per heavy atom. The van der Waals surface area contributed by atoms with Gasteiger partial charge in [0, 0.05) is 11.6 Å². The highest BCUT2D eigenvalue weighted by Crippen LogP contribution is 2.50. The molecule has 1 unspecified atom stereocenters. The summed E-state index contributed by atoms with van der Waals surface area (Å²) in [5.74, 6) is 0.298. The number of fused-ring (bicyclic) bond motifs is 3. The monoisotopic (exact) mass is 315 g/mol. The van der Waals surface area contributed by atoms with Gasteiger partial charge in [0.25, 0.3) is 0 Å². The van der Waals surface area contributed by atoms with Gasteiger partial charge in [-0.2, -0.15) is 13.2 Å². The fourth-order valence-electron chi connectivity index (χ4n) is 3.76. The normalized spacial score (nSPS) is 25.6. The first kappa shape index (κ1) is 14.4. The Morgan fingerprint density at radius 2 is 1.78 bits per heavy atom. The molecular weight excluding hydrogens is 299 g/mol. The molecule has 0 spiro atoms. The zero-order valence-corrected chi connectivity index (χ0v) is 12.3. The van der Waals surface area contributed by atoms with E-state index in [2.05, 4.69) is 29.6 Å². The molecule has 0 fully saturated rings. The van der Waals surface area contributed by atoms with Gasteiger partial charge in [-0.1, -0.05) is 42.5 Å². The molecule has 1 heterocycles. The Balaban J connectivity index is 1.78. The van der Waals surface area contributed by atoms with Gasteiger partial charge >= 0.3 is 6.18 Å². The molecular formula is C19H16F3N. The van der Waals surface area contributed by atoms with E-state index in [9.17, 15) is 13.2 Å². The lowest BCUT2D eigenvalue weighted by molar-refractivity contribution is -0.137. The smallest absolute Gasteiger partial charge is 0.378 e. The summed E-state index contributed by atoms with van der Waals surface area (Å²) in [4.78, 5) is 0. The van der Waals surface area contributed by atoms with Crippen molar-refractivity contribution in [1.82, 2.24) is 0 Å². The van der Waals surface area contributed by atoms with Gasteiger partial charge in [-0.05, 0) is 41.7 Å². The van der Waals surface area contributed by atoms with Crippen molar-refractivity contribution >= 4 is 5.69 Å². The van der Waals surface area contributed by atoms with E-state index in [4.69, 9.17) is 0 Å². The molecule has 0 radical (unpaired) electrons. The van der Waals surface area contributed by atoms with Crippen LogP contribution < -0.4 is 5.32 Å². The van der Waals surface area contributed by atoms with E-state index in [0.29, 0.717) is 0 Å². The maximum Gasteiger partial charge on any atom is 0.416 e. The van der Waals surface area contributed by atoms with Crippen LogP contribution in [0.4, 0.5) is 18.9 Å². The zero-order valence-electron chi connectivity index (χ0n) is 12.3. The lowest BCUT2D eigenvalue weighted by Gasteiger charge is -2.37. The summed E-state index contributed by atoms with van der Waals surface area (Å²) >= 11 is 0. The fraction of sp³-hybridized carbons (Fsp3) is 0.263. The first-order valence-corrected chi connectivity index (χ1v) is 7.73. The number of halogens is 3. The number of hydrogen-bond acceptors (Lipinski definition) is 1. The molecule has 4 rings (SSSR count). The third-order valence-corrected chi connectivity index (χ3v) is 4.85. The van der Waals surface area contributed by atoms with E-state index in [1.54, 1.807) is 6.07 Å². The second-order valence-electron chi connectivity index (χ2n) is 6.19. The predicted molar refractivity (Wildman–Crippen MR) is 84.2 cm³/mol. The summed E-state index contributed by atoms with van der Waals surface area (Å²) in [5, 5.41) is 3.46. The van der Waals surface area contributed by atoms with Crippen LogP contribution in [0.2, 0.25) is 0 Å². The van der Waals surface area contributed by atoms with Gasteiger partial charge in [0.15, 0.2) is 0 Å². The van der Waals surface area contributed by atoms with Crippen LogP contribution in [0, 0.1) is 5.92 Å². The minimum absolute atomic E-state index is 0.0405. The van der Waals surface area contributed by atoms with Crippen LogP contribution in [-0.2, 0) is 6.18 Å². The van der Waals surface area contributed by atoms with Crippen molar-refractivity contribution in [2.75, 3.05) is 5.32 Å². The van der Waals surface area contributed by atoms with Crippen molar-refractivity contribution in [1.29, 1.82) is 0 Å². The Morgan fingerprint density at radius 3 is 2.52 bits per heavy atom. The second-order valence-corrected chi connectivity index (χ2v) is 6.19. The van der Waals surface area contributed by atoms with Gasteiger partial charge in [0.2, 0.25) is 0 Å². The highest BCUT2D eigenvalue weighted by molar-refractivity contribution is 5.61. The Bertz CT molecular complexity index is 749. The van der Waals surface area contributed by atoms with E-state index >= 15 is 0 Å². The Hall–Kier alpha value is -2.23. The van der Waals surface area contributed by atoms with Crippen LogP contribution in [-0.4, -0.2) is 0 Å². The highest BCUT2D eigenvalue weighted by Gasteiger charge is 2.39. The van der Waals surface area contributed by atoms with Crippen LogP contribution in [0.5, 0.6) is 0 Å². The summed E-state index contributed by atoms with van der Waals surface area (Å²) in [7, 11) is 0. The molecule has 1 aliphatic heterocycles. The average Bonchev–Trinajstić information content (AvgIpc) is 3.03. The van der Waals surface area contributed by atoms with Gasteiger partial charge in [-0.25, -0.2) is 0 Å². The molecule has 23 heavy (non-hydrogen) atoms. The van der Waals surface area contributed by atoms with Gasteiger partial charge in [0.1, 0.15) is 0 Å². The van der Waals surface area contributed by atoms with E-state index < -0.39 is 11.7 Å². The maximum absolute atomic E-state index is 13.0. The van der Waals surface area contributed by atoms with Crippen molar-refractivity contribution in [2.45, 2.75) is 24.6 Å². The van der Waals surface area contributed by atoms with Gasteiger partial charge in [-0.3, -0.25) is 0 Å². The zero-order chi connectivity index (χ0) is 16.0. The number of benzene rings is 2. The topological polar surface area (TPSA) is 12.0 Å². The molecule has 2 aromatic carbocycles. The highest BCUT2D eigenvalue weighted by atomic mass is 19.4. The maximum atomic E-state index is 13.0. The van der Waals surface area contributed by atoms with Crippen molar-refractivity contribution < 1.29 is 13.2 Å². The van der Waals surface area contributed by atoms with E-state index in [1.165, 1.54) is 11.6 Å². The summed E-state index contributed by atoms with van der Waals surface area (Å²) in [6, 6.07) is 14.3. The number of allylic oxidation sites excluding steroid dienone is 2. The molecule has 2 aromatic rings. The quantitative estimate of drug-likeness (QED) is 0.682. The van der Waals surface area contributed by atoms with Crippen LogP contribution in [0.25, 0.3) is 0 Å². The van der Waals surface area contributed by atoms with E-state index in [-0.39, 0.29) is 17.9 Å². The lowest BCUT2D eigenvalue weighted by atomic mass is 9.76. The lowest BCUT2D eigenvalue weighted by Crippen LogP contribution is -2.29. The number of hydrogen-bond donors (Lipinski definition) is 1. The number of rotatable bonds is 1. The number of nitrogens with one attached hydrogen (secondary N) is 1. The molecule has 0 saturated carbocycles. The van der Waals surface area contributed by atoms with Crippen molar-refractivity contribution in [3.05, 3.63) is 77.4 Å². The standard InChI is InChI=1S/C19H16F3N/c20-19(21,22)13-9-10-17-16(11-13)14-7-4-8-15(14)18(23-17)12-5-2-1-3-6-12/h1-7,9-11,14-15,18,23H,8H2/t14-,15?,18+/m0/s1. The van der Waals surface area contributed by atoms with Crippen LogP contribution in [0.15, 0.2) is 60.7 Å². The molecule has 4 heteroatoms. The van der Waals surface area contributed by atoms with E-state index in [0.717, 1.165) is 23.7 Å². The molecule has 2 aliphatic rings. The summed E-state index contributed by atoms with van der Waals surface area (Å²) in [5.41, 5.74) is 2.16. The number of alkyl halides is 3. The Kier molecular flexibility index (Phi) is 3.22. The van der Waals surface area contributed by atoms with Crippen molar-refractivity contribution in [2.24, 2.45) is 5.92 Å². The Labute approximate surface area is 132 Å². The molecule has 0 amide bonds. The summed E-state index contributed by atoms with van der Waals surface area (Å²) < 4.78 is 39.0. The molecule has 0 saturated heterocycles.